The van der Waals surface area contributed by atoms with Gasteiger partial charge in [-0.25, -0.2) is 4.79 Å². The van der Waals surface area contributed by atoms with Crippen LogP contribution in [0.2, 0.25) is 0 Å². The van der Waals surface area contributed by atoms with Crippen molar-refractivity contribution in [3.8, 4) is 0 Å². The lowest BCUT2D eigenvalue weighted by Gasteiger charge is -2.23. The minimum atomic E-state index is -0.376. The zero-order valence-corrected chi connectivity index (χ0v) is 9.99. The molecule has 94 valence electrons. The second-order valence-electron chi connectivity index (χ2n) is 4.16. The second kappa shape index (κ2) is 6.00. The molecule has 0 saturated carbocycles. The van der Waals surface area contributed by atoms with Crippen molar-refractivity contribution in [2.45, 2.75) is 13.0 Å². The third-order valence-electron chi connectivity index (χ3n) is 2.83. The van der Waals surface area contributed by atoms with Crippen LogP contribution in [0.1, 0.15) is 12.0 Å². The molecule has 1 unspecified atom stereocenters. The second-order valence-corrected chi connectivity index (χ2v) is 4.16. The number of aldehydes is 1. The van der Waals surface area contributed by atoms with E-state index in [1.54, 1.807) is 12.3 Å². The fourth-order valence-electron chi connectivity index (χ4n) is 1.74. The highest BCUT2D eigenvalue weighted by molar-refractivity contribution is 5.69. The molecule has 2 rings (SSSR count). The fourth-order valence-corrected chi connectivity index (χ4v) is 1.74. The smallest absolute Gasteiger partial charge is 0.414 e. The Hall–Kier alpha value is -2.10. The summed E-state index contributed by atoms with van der Waals surface area (Å²) < 4.78 is 5.18. The molecule has 0 bridgehead atoms. The molecule has 4 nitrogen and oxygen atoms in total. The van der Waals surface area contributed by atoms with Gasteiger partial charge in [0.05, 0.1) is 0 Å². The van der Waals surface area contributed by atoms with Crippen molar-refractivity contribution in [2.24, 2.45) is 5.92 Å². The summed E-state index contributed by atoms with van der Waals surface area (Å²) in [4.78, 5) is 23.8. The number of amides is 1. The van der Waals surface area contributed by atoms with Crippen molar-refractivity contribution in [3.63, 3.8) is 0 Å². The number of allylic oxidation sites excluding steroid dienone is 1. The summed E-state index contributed by atoms with van der Waals surface area (Å²) in [7, 11) is 0. The number of rotatable bonds is 3. The highest BCUT2D eigenvalue weighted by Crippen LogP contribution is 2.13. The Balaban J connectivity index is 1.84. The van der Waals surface area contributed by atoms with Gasteiger partial charge in [-0.1, -0.05) is 36.4 Å². The minimum absolute atomic E-state index is 0.0804. The van der Waals surface area contributed by atoms with Gasteiger partial charge < -0.3 is 9.53 Å². The monoisotopic (exact) mass is 245 g/mol. The average Bonchev–Trinajstić information content (AvgIpc) is 2.46. The van der Waals surface area contributed by atoms with Crippen LogP contribution < -0.4 is 0 Å². The van der Waals surface area contributed by atoms with E-state index in [1.165, 1.54) is 4.90 Å². The van der Waals surface area contributed by atoms with Gasteiger partial charge in [0.1, 0.15) is 12.9 Å². The molecule has 1 atom stereocenters. The molecule has 0 radical (unpaired) electrons. The van der Waals surface area contributed by atoms with Crippen molar-refractivity contribution >= 4 is 12.4 Å². The Morgan fingerprint density at radius 2 is 2.17 bits per heavy atom. The standard InChI is InChI=1S/C14H15NO3/c16-10-12-6-8-15(9-7-12)14(17)18-11-13-4-2-1-3-5-13/h1-6,8,10,12H,7,9,11H2. The normalized spacial score (nSPS) is 18.4. The van der Waals surface area contributed by atoms with E-state index in [0.29, 0.717) is 13.0 Å². The van der Waals surface area contributed by atoms with E-state index >= 15 is 0 Å². The maximum atomic E-state index is 11.7. The maximum Gasteiger partial charge on any atom is 0.414 e. The first kappa shape index (κ1) is 12.4. The zero-order chi connectivity index (χ0) is 12.8. The van der Waals surface area contributed by atoms with E-state index in [2.05, 4.69) is 0 Å². The molecule has 1 aliphatic heterocycles. The molecule has 0 fully saturated rings. The van der Waals surface area contributed by atoms with E-state index in [1.807, 2.05) is 30.3 Å². The molecule has 0 aromatic heterocycles. The topological polar surface area (TPSA) is 46.6 Å². The van der Waals surface area contributed by atoms with Crippen LogP contribution in [0.4, 0.5) is 4.79 Å². The molecule has 0 spiro atoms. The maximum absolute atomic E-state index is 11.7. The average molecular weight is 245 g/mol. The summed E-state index contributed by atoms with van der Waals surface area (Å²) in [6.07, 6.45) is 4.51. The summed E-state index contributed by atoms with van der Waals surface area (Å²) in [5.41, 5.74) is 0.956. The number of carbonyl (C=O) groups is 2. The molecule has 1 amide bonds. The van der Waals surface area contributed by atoms with Crippen LogP contribution in [0.25, 0.3) is 0 Å². The molecule has 1 heterocycles. The highest BCUT2D eigenvalue weighted by atomic mass is 16.6. The Kier molecular flexibility index (Phi) is 4.12. The van der Waals surface area contributed by atoms with Crippen LogP contribution in [0.15, 0.2) is 42.6 Å². The summed E-state index contributed by atoms with van der Waals surface area (Å²) in [5, 5.41) is 0. The number of hydrogen-bond acceptors (Lipinski definition) is 3. The van der Waals surface area contributed by atoms with Crippen molar-refractivity contribution in [1.29, 1.82) is 0 Å². The first-order chi connectivity index (χ1) is 8.79. The first-order valence-electron chi connectivity index (χ1n) is 5.90. The van der Waals surface area contributed by atoms with Gasteiger partial charge in [0.2, 0.25) is 0 Å². The predicted molar refractivity (Wildman–Crippen MR) is 66.6 cm³/mol. The van der Waals surface area contributed by atoms with Crippen LogP contribution in [-0.2, 0) is 16.1 Å². The van der Waals surface area contributed by atoms with Crippen molar-refractivity contribution < 1.29 is 14.3 Å². The van der Waals surface area contributed by atoms with Crippen LogP contribution >= 0.6 is 0 Å². The van der Waals surface area contributed by atoms with E-state index in [0.717, 1.165) is 11.8 Å². The minimum Gasteiger partial charge on any atom is -0.444 e. The fraction of sp³-hybridized carbons (Fsp3) is 0.286. The van der Waals surface area contributed by atoms with E-state index in [-0.39, 0.29) is 18.6 Å². The van der Waals surface area contributed by atoms with Crippen LogP contribution in [0.3, 0.4) is 0 Å². The van der Waals surface area contributed by atoms with Gasteiger partial charge in [-0.3, -0.25) is 4.90 Å². The molecule has 1 aromatic rings. The van der Waals surface area contributed by atoms with Crippen LogP contribution in [0, 0.1) is 5.92 Å². The summed E-state index contributed by atoms with van der Waals surface area (Å²) in [6, 6.07) is 9.53. The number of carbonyl (C=O) groups excluding carboxylic acids is 2. The third kappa shape index (κ3) is 3.20. The van der Waals surface area contributed by atoms with Gasteiger partial charge in [0.15, 0.2) is 0 Å². The summed E-state index contributed by atoms with van der Waals surface area (Å²) in [6.45, 7) is 0.786. The summed E-state index contributed by atoms with van der Waals surface area (Å²) >= 11 is 0. The Morgan fingerprint density at radius 1 is 1.39 bits per heavy atom. The number of ether oxygens (including phenoxy) is 1. The number of hydrogen-bond donors (Lipinski definition) is 0. The number of benzene rings is 1. The molecular formula is C14H15NO3. The van der Waals surface area contributed by atoms with Crippen LogP contribution in [-0.4, -0.2) is 23.8 Å². The lowest BCUT2D eigenvalue weighted by molar-refractivity contribution is -0.110. The lowest BCUT2D eigenvalue weighted by Crippen LogP contribution is -2.31. The Morgan fingerprint density at radius 3 is 2.78 bits per heavy atom. The zero-order valence-electron chi connectivity index (χ0n) is 9.99. The van der Waals surface area contributed by atoms with E-state index in [9.17, 15) is 9.59 Å². The Labute approximate surface area is 106 Å². The molecule has 1 aromatic carbocycles. The Bertz CT molecular complexity index is 442. The van der Waals surface area contributed by atoms with Crippen molar-refractivity contribution in [2.75, 3.05) is 6.54 Å². The lowest BCUT2D eigenvalue weighted by atomic mass is 10.1. The van der Waals surface area contributed by atoms with Gasteiger partial charge in [0.25, 0.3) is 0 Å². The molecule has 0 N–H and O–H groups in total. The predicted octanol–water partition coefficient (Wildman–Crippen LogP) is 2.36. The van der Waals surface area contributed by atoms with Crippen molar-refractivity contribution in [1.82, 2.24) is 4.90 Å². The SMILES string of the molecule is O=CC1C=CN(C(=O)OCc2ccccc2)CC1. The van der Waals surface area contributed by atoms with E-state index < -0.39 is 0 Å². The van der Waals surface area contributed by atoms with Gasteiger partial charge in [-0.2, -0.15) is 0 Å². The van der Waals surface area contributed by atoms with Gasteiger partial charge in [0, 0.05) is 18.7 Å². The van der Waals surface area contributed by atoms with Crippen molar-refractivity contribution in [3.05, 3.63) is 48.2 Å². The summed E-state index contributed by atoms with van der Waals surface area (Å²) in [5.74, 6) is -0.0804. The van der Waals surface area contributed by atoms with Gasteiger partial charge >= 0.3 is 6.09 Å². The molecule has 1 aliphatic rings. The van der Waals surface area contributed by atoms with Gasteiger partial charge in [-0.15, -0.1) is 0 Å². The van der Waals surface area contributed by atoms with E-state index in [4.69, 9.17) is 4.74 Å². The molecule has 18 heavy (non-hydrogen) atoms. The number of nitrogens with zero attached hydrogens (tertiary/aromatic N) is 1. The largest absolute Gasteiger partial charge is 0.444 e. The quantitative estimate of drug-likeness (QED) is 0.768. The molecule has 0 saturated heterocycles. The highest BCUT2D eigenvalue weighted by Gasteiger charge is 2.18. The van der Waals surface area contributed by atoms with Crippen LogP contribution in [0.5, 0.6) is 0 Å². The molecule has 0 aliphatic carbocycles. The first-order valence-corrected chi connectivity index (χ1v) is 5.90. The molecule has 4 heteroatoms. The van der Waals surface area contributed by atoms with Gasteiger partial charge in [-0.05, 0) is 12.0 Å². The molecular weight excluding hydrogens is 230 g/mol. The third-order valence-corrected chi connectivity index (χ3v) is 2.83.